The Hall–Kier alpha value is -4.11. The van der Waals surface area contributed by atoms with Gasteiger partial charge in [0, 0.05) is 38.7 Å². The molecular weight excluding hydrogens is 410 g/mol. The molecule has 0 aliphatic carbocycles. The molecule has 0 atom stereocenters. The van der Waals surface area contributed by atoms with Crippen molar-refractivity contribution in [2.45, 2.75) is 6.92 Å². The minimum Gasteiger partial charge on any atom is -0.506 e. The Labute approximate surface area is 179 Å². The van der Waals surface area contributed by atoms with Crippen LogP contribution in [0.5, 0.6) is 5.75 Å². The number of aromatic nitrogens is 7. The van der Waals surface area contributed by atoms with Crippen LogP contribution in [0.2, 0.25) is 0 Å². The third-order valence-electron chi connectivity index (χ3n) is 5.09. The second-order valence-corrected chi connectivity index (χ2v) is 8.49. The van der Waals surface area contributed by atoms with Crippen molar-refractivity contribution in [3.8, 4) is 39.0 Å². The van der Waals surface area contributed by atoms with Crippen molar-refractivity contribution in [2.24, 2.45) is 0 Å². The number of imidazole rings is 1. The summed E-state index contributed by atoms with van der Waals surface area (Å²) in [6.45, 7) is 2.08. The van der Waals surface area contributed by atoms with Crippen LogP contribution in [0.15, 0.2) is 55.2 Å². The van der Waals surface area contributed by atoms with Gasteiger partial charge < -0.3 is 10.1 Å². The van der Waals surface area contributed by atoms with Gasteiger partial charge in [0.25, 0.3) is 0 Å². The first kappa shape index (κ1) is 17.7. The van der Waals surface area contributed by atoms with Crippen LogP contribution in [-0.2, 0) is 0 Å². The Balaban J connectivity index is 1.51. The first-order valence-electron chi connectivity index (χ1n) is 9.55. The lowest BCUT2D eigenvalue weighted by Gasteiger charge is -2.01. The van der Waals surface area contributed by atoms with Crippen molar-refractivity contribution in [1.82, 2.24) is 35.1 Å². The van der Waals surface area contributed by atoms with Crippen molar-refractivity contribution in [3.05, 3.63) is 60.1 Å². The van der Waals surface area contributed by atoms with E-state index in [9.17, 15) is 5.11 Å². The predicted octanol–water partition coefficient (Wildman–Crippen LogP) is 4.70. The number of fused-ring (bicyclic) bond motifs is 2. The summed E-state index contributed by atoms with van der Waals surface area (Å²) in [5.74, 6) is 0.739. The molecule has 0 unspecified atom stereocenters. The van der Waals surface area contributed by atoms with Gasteiger partial charge in [-0.15, -0.1) is 11.3 Å². The van der Waals surface area contributed by atoms with Crippen LogP contribution in [0.3, 0.4) is 0 Å². The van der Waals surface area contributed by atoms with Crippen molar-refractivity contribution in [1.29, 1.82) is 0 Å². The van der Waals surface area contributed by atoms with Crippen LogP contribution in [0.1, 0.15) is 4.88 Å². The Bertz CT molecular complexity index is 1580. The topological polar surface area (TPSA) is 116 Å². The van der Waals surface area contributed by atoms with Crippen LogP contribution >= 0.6 is 11.3 Å². The van der Waals surface area contributed by atoms with Gasteiger partial charge in [0.05, 0.1) is 35.3 Å². The van der Waals surface area contributed by atoms with Crippen molar-refractivity contribution in [2.75, 3.05) is 0 Å². The van der Waals surface area contributed by atoms with E-state index in [1.165, 1.54) is 11.1 Å². The van der Waals surface area contributed by atoms with Gasteiger partial charge in [0.15, 0.2) is 5.82 Å². The molecule has 8 nitrogen and oxygen atoms in total. The van der Waals surface area contributed by atoms with E-state index in [0.29, 0.717) is 17.2 Å². The normalized spacial score (nSPS) is 11.5. The average Bonchev–Trinajstić information content (AvgIpc) is 3.50. The number of aromatic hydroxyl groups is 1. The van der Waals surface area contributed by atoms with E-state index in [-0.39, 0.29) is 5.75 Å². The number of hydrogen-bond acceptors (Lipinski definition) is 7. The van der Waals surface area contributed by atoms with Crippen LogP contribution in [0, 0.1) is 6.92 Å². The fourth-order valence-corrected chi connectivity index (χ4v) is 4.51. The summed E-state index contributed by atoms with van der Waals surface area (Å²) < 4.78 is 0. The first-order chi connectivity index (χ1) is 15.2. The van der Waals surface area contributed by atoms with Gasteiger partial charge in [0.2, 0.25) is 0 Å². The van der Waals surface area contributed by atoms with Gasteiger partial charge in [-0.1, -0.05) is 0 Å². The van der Waals surface area contributed by atoms with Crippen LogP contribution < -0.4 is 0 Å². The standard InChI is InChI=1S/C22H15N7OS/c1-11-2-3-19(31-11)15-8-24-9-18-20(15)27-22(26-18)21-14-5-16(25-10-17(14)28-29-21)12-4-13(30)7-23-6-12/h2-10,30H,1H3,(H,26,27)(H,28,29). The van der Waals surface area contributed by atoms with Gasteiger partial charge in [-0.25, -0.2) is 4.98 Å². The summed E-state index contributed by atoms with van der Waals surface area (Å²) in [7, 11) is 0. The number of H-pyrrole nitrogens is 2. The Kier molecular flexibility index (Phi) is 3.84. The maximum atomic E-state index is 9.75. The largest absolute Gasteiger partial charge is 0.506 e. The zero-order valence-electron chi connectivity index (χ0n) is 16.3. The lowest BCUT2D eigenvalue weighted by molar-refractivity contribution is 0.473. The highest BCUT2D eigenvalue weighted by Gasteiger charge is 2.17. The van der Waals surface area contributed by atoms with Crippen molar-refractivity contribution >= 4 is 33.3 Å². The van der Waals surface area contributed by atoms with Crippen LogP contribution in [-0.4, -0.2) is 40.2 Å². The second kappa shape index (κ2) is 6.71. The summed E-state index contributed by atoms with van der Waals surface area (Å²) in [4.78, 5) is 23.5. The molecule has 6 rings (SSSR count). The van der Waals surface area contributed by atoms with Gasteiger partial charge >= 0.3 is 0 Å². The molecule has 3 N–H and O–H groups in total. The SMILES string of the molecule is Cc1ccc(-c2cncc3[nH]c(-c4n[nH]c5cnc(-c6cncc(O)c6)cc45)nc23)s1. The van der Waals surface area contributed by atoms with E-state index in [2.05, 4.69) is 49.2 Å². The molecule has 0 aliphatic heterocycles. The molecule has 150 valence electrons. The molecule has 0 aromatic carbocycles. The lowest BCUT2D eigenvalue weighted by Crippen LogP contribution is -1.86. The monoisotopic (exact) mass is 425 g/mol. The number of nitrogens with zero attached hydrogens (tertiary/aromatic N) is 5. The quantitative estimate of drug-likeness (QED) is 0.378. The molecule has 6 aromatic rings. The molecule has 0 bridgehead atoms. The molecule has 6 heterocycles. The molecule has 0 aliphatic rings. The van der Waals surface area contributed by atoms with Crippen LogP contribution in [0.25, 0.3) is 55.2 Å². The molecule has 0 saturated heterocycles. The van der Waals surface area contributed by atoms with E-state index in [0.717, 1.165) is 37.9 Å². The van der Waals surface area contributed by atoms with Gasteiger partial charge in [-0.2, -0.15) is 5.10 Å². The van der Waals surface area contributed by atoms with E-state index < -0.39 is 0 Å². The number of pyridine rings is 3. The lowest BCUT2D eigenvalue weighted by atomic mass is 10.1. The van der Waals surface area contributed by atoms with Crippen molar-refractivity contribution < 1.29 is 5.11 Å². The predicted molar refractivity (Wildman–Crippen MR) is 120 cm³/mol. The maximum absolute atomic E-state index is 9.75. The molecule has 9 heteroatoms. The first-order valence-corrected chi connectivity index (χ1v) is 10.4. The third kappa shape index (κ3) is 2.94. The van der Waals surface area contributed by atoms with Gasteiger partial charge in [-0.05, 0) is 31.2 Å². The summed E-state index contributed by atoms with van der Waals surface area (Å²) in [5, 5.41) is 18.1. The maximum Gasteiger partial charge on any atom is 0.159 e. The minimum atomic E-state index is 0.0907. The van der Waals surface area contributed by atoms with E-state index in [4.69, 9.17) is 4.98 Å². The van der Waals surface area contributed by atoms with E-state index in [1.807, 2.05) is 12.3 Å². The molecule has 0 radical (unpaired) electrons. The minimum absolute atomic E-state index is 0.0907. The summed E-state index contributed by atoms with van der Waals surface area (Å²) in [6, 6.07) is 7.73. The van der Waals surface area contributed by atoms with Crippen molar-refractivity contribution in [3.63, 3.8) is 0 Å². The van der Waals surface area contributed by atoms with Crippen LogP contribution in [0.4, 0.5) is 0 Å². The number of nitrogens with one attached hydrogen (secondary N) is 2. The Morgan fingerprint density at radius 2 is 1.87 bits per heavy atom. The zero-order chi connectivity index (χ0) is 20.9. The third-order valence-corrected chi connectivity index (χ3v) is 6.13. The highest BCUT2D eigenvalue weighted by atomic mass is 32.1. The second-order valence-electron chi connectivity index (χ2n) is 7.20. The molecular formula is C22H15N7OS. The summed E-state index contributed by atoms with van der Waals surface area (Å²) >= 11 is 1.72. The number of rotatable bonds is 3. The average molecular weight is 425 g/mol. The highest BCUT2D eigenvalue weighted by molar-refractivity contribution is 7.15. The number of aryl methyl sites for hydroxylation is 1. The molecule has 0 saturated carbocycles. The number of hydrogen-bond donors (Lipinski definition) is 3. The Morgan fingerprint density at radius 3 is 2.71 bits per heavy atom. The molecule has 31 heavy (non-hydrogen) atoms. The Morgan fingerprint density at radius 1 is 0.968 bits per heavy atom. The smallest absolute Gasteiger partial charge is 0.159 e. The molecule has 0 amide bonds. The molecule has 0 fully saturated rings. The fourth-order valence-electron chi connectivity index (χ4n) is 3.63. The van der Waals surface area contributed by atoms with Gasteiger partial charge in [-0.3, -0.25) is 20.1 Å². The van der Waals surface area contributed by atoms with Gasteiger partial charge in [0.1, 0.15) is 17.0 Å². The fraction of sp³-hybridized carbons (Fsp3) is 0.0455. The molecule has 6 aromatic heterocycles. The summed E-state index contributed by atoms with van der Waals surface area (Å²) in [6.07, 6.45) is 8.39. The highest BCUT2D eigenvalue weighted by Crippen LogP contribution is 2.34. The number of thiophene rings is 1. The summed E-state index contributed by atoms with van der Waals surface area (Å²) in [5.41, 5.74) is 5.59. The number of aromatic amines is 2. The van der Waals surface area contributed by atoms with E-state index >= 15 is 0 Å². The molecule has 0 spiro atoms. The zero-order valence-corrected chi connectivity index (χ0v) is 17.1. The van der Waals surface area contributed by atoms with E-state index in [1.54, 1.807) is 36.0 Å².